The lowest BCUT2D eigenvalue weighted by Crippen LogP contribution is -2.28. The maximum Gasteiger partial charge on any atom is 0.251 e. The van der Waals surface area contributed by atoms with Gasteiger partial charge in [0.1, 0.15) is 0 Å². The summed E-state index contributed by atoms with van der Waals surface area (Å²) in [6.45, 7) is 6.49. The molecule has 0 saturated heterocycles. The smallest absolute Gasteiger partial charge is 0.251 e. The molecule has 2 rings (SSSR count). The number of hydrogen-bond acceptors (Lipinski definition) is 2. The maximum absolute atomic E-state index is 11.9. The predicted molar refractivity (Wildman–Crippen MR) is 67.4 cm³/mol. The van der Waals surface area contributed by atoms with Crippen LogP contribution in [-0.2, 0) is 13.0 Å². The van der Waals surface area contributed by atoms with Crippen LogP contribution in [0.4, 0.5) is 0 Å². The van der Waals surface area contributed by atoms with E-state index in [1.807, 2.05) is 6.92 Å². The maximum atomic E-state index is 11.9. The minimum Gasteiger partial charge on any atom is -0.308 e. The molecule has 1 heterocycles. The highest BCUT2D eigenvalue weighted by Gasteiger charge is 2.20. The number of carbonyl (C=O) groups is 1. The topological polar surface area (TPSA) is 39.1 Å². The van der Waals surface area contributed by atoms with Crippen molar-refractivity contribution < 1.29 is 4.79 Å². The van der Waals surface area contributed by atoms with Crippen LogP contribution in [0.25, 0.3) is 0 Å². The fourth-order valence-corrected chi connectivity index (χ4v) is 2.20. The van der Waals surface area contributed by atoms with Crippen molar-refractivity contribution in [1.29, 1.82) is 0 Å². The van der Waals surface area contributed by atoms with Crippen molar-refractivity contribution in [3.05, 3.63) is 45.9 Å². The first-order valence-electron chi connectivity index (χ1n) is 6.06. The largest absolute Gasteiger partial charge is 0.308 e. The Morgan fingerprint density at radius 3 is 2.82 bits per heavy atom. The number of rotatable bonds is 3. The van der Waals surface area contributed by atoms with Crippen LogP contribution in [-0.4, -0.2) is 10.4 Å². The number of hydrogen-bond donors (Lipinski definition) is 0. The molecule has 0 radical (unpaired) electrons. The number of pyridine rings is 1. The molecule has 3 heteroatoms. The lowest BCUT2D eigenvalue weighted by molar-refractivity contribution is 0.0970. The number of aromatic nitrogens is 1. The minimum absolute atomic E-state index is 0.0342. The summed E-state index contributed by atoms with van der Waals surface area (Å²) in [5, 5.41) is 0. The second-order valence-electron chi connectivity index (χ2n) is 4.50. The van der Waals surface area contributed by atoms with E-state index in [2.05, 4.69) is 6.58 Å². The summed E-state index contributed by atoms with van der Waals surface area (Å²) in [5.74, 6) is 0.155. The third kappa shape index (κ3) is 2.23. The molecule has 1 aromatic rings. The minimum atomic E-state index is -0.0342. The molecule has 0 saturated carbocycles. The Morgan fingerprint density at radius 1 is 1.35 bits per heavy atom. The molecule has 0 bridgehead atoms. The van der Waals surface area contributed by atoms with E-state index in [0.29, 0.717) is 13.0 Å². The van der Waals surface area contributed by atoms with Gasteiger partial charge in [0.15, 0.2) is 5.78 Å². The molecule has 0 aliphatic heterocycles. The first kappa shape index (κ1) is 11.8. The average Bonchev–Trinajstić information content (AvgIpc) is 2.33. The van der Waals surface area contributed by atoms with Crippen LogP contribution in [0.1, 0.15) is 42.2 Å². The summed E-state index contributed by atoms with van der Waals surface area (Å²) in [5.41, 5.74) is 2.59. The number of fused-ring (bicyclic) bond motifs is 1. The van der Waals surface area contributed by atoms with Gasteiger partial charge in [-0.3, -0.25) is 9.59 Å². The third-order valence-electron chi connectivity index (χ3n) is 3.29. The molecule has 0 aromatic carbocycles. The molecule has 0 N–H and O–H groups in total. The van der Waals surface area contributed by atoms with E-state index in [0.717, 1.165) is 36.1 Å². The second-order valence-corrected chi connectivity index (χ2v) is 4.50. The fourth-order valence-electron chi connectivity index (χ4n) is 2.20. The molecule has 90 valence electrons. The van der Waals surface area contributed by atoms with E-state index < -0.39 is 0 Å². The summed E-state index contributed by atoms with van der Waals surface area (Å²) in [6, 6.07) is 3.16. The average molecular weight is 231 g/mol. The lowest BCUT2D eigenvalue weighted by atomic mass is 9.94. The molecule has 3 nitrogen and oxygen atoms in total. The molecule has 17 heavy (non-hydrogen) atoms. The van der Waals surface area contributed by atoms with Crippen molar-refractivity contribution in [3.63, 3.8) is 0 Å². The molecule has 0 amide bonds. The number of carbonyl (C=O) groups excluding carboxylic acids is 1. The van der Waals surface area contributed by atoms with Crippen molar-refractivity contribution in [3.8, 4) is 0 Å². The molecule has 0 spiro atoms. The van der Waals surface area contributed by atoms with Crippen LogP contribution in [0.5, 0.6) is 0 Å². The molecule has 1 aliphatic carbocycles. The van der Waals surface area contributed by atoms with Gasteiger partial charge in [0.25, 0.3) is 5.56 Å². The van der Waals surface area contributed by atoms with Gasteiger partial charge in [-0.1, -0.05) is 19.1 Å². The molecule has 1 aliphatic rings. The van der Waals surface area contributed by atoms with Gasteiger partial charge in [-0.05, 0) is 25.3 Å². The van der Waals surface area contributed by atoms with E-state index >= 15 is 0 Å². The monoisotopic (exact) mass is 231 g/mol. The van der Waals surface area contributed by atoms with Gasteiger partial charge in [-0.25, -0.2) is 0 Å². The van der Waals surface area contributed by atoms with Gasteiger partial charge in [-0.15, -0.1) is 0 Å². The van der Waals surface area contributed by atoms with E-state index in [-0.39, 0.29) is 11.3 Å². The molecule has 0 unspecified atom stereocenters. The molecule has 0 atom stereocenters. The highest BCUT2D eigenvalue weighted by atomic mass is 16.1. The van der Waals surface area contributed by atoms with Crippen LogP contribution in [0.2, 0.25) is 0 Å². The molecule has 1 aromatic heterocycles. The van der Waals surface area contributed by atoms with Gasteiger partial charge in [-0.2, -0.15) is 0 Å². The number of nitrogens with zero attached hydrogens (tertiary/aromatic N) is 1. The first-order chi connectivity index (χ1) is 8.13. The standard InChI is InChI=1S/C14H17NO2/c1-3-10(2)9-15-12-5-4-6-13(16)11(12)7-8-14(15)17/h7-8H,2-6,9H2,1H3. The van der Waals surface area contributed by atoms with Crippen molar-refractivity contribution >= 4 is 5.78 Å². The highest BCUT2D eigenvalue weighted by Crippen LogP contribution is 2.20. The molecule has 0 fully saturated rings. The highest BCUT2D eigenvalue weighted by molar-refractivity contribution is 5.97. The Labute approximate surface area is 101 Å². The molecular formula is C14H17NO2. The summed E-state index contributed by atoms with van der Waals surface area (Å²) in [4.78, 5) is 23.6. The predicted octanol–water partition coefficient (Wildman–Crippen LogP) is 2.33. The van der Waals surface area contributed by atoms with Crippen LogP contribution < -0.4 is 5.56 Å². The van der Waals surface area contributed by atoms with Crippen LogP contribution in [0, 0.1) is 0 Å². The van der Waals surface area contributed by atoms with Crippen LogP contribution in [0.15, 0.2) is 29.1 Å². The zero-order valence-corrected chi connectivity index (χ0v) is 10.2. The lowest BCUT2D eigenvalue weighted by Gasteiger charge is -2.20. The first-order valence-corrected chi connectivity index (χ1v) is 6.06. The zero-order chi connectivity index (χ0) is 12.4. The Kier molecular flexibility index (Phi) is 3.27. The van der Waals surface area contributed by atoms with Crippen molar-refractivity contribution in [2.24, 2.45) is 0 Å². The Morgan fingerprint density at radius 2 is 2.12 bits per heavy atom. The van der Waals surface area contributed by atoms with E-state index in [4.69, 9.17) is 0 Å². The zero-order valence-electron chi connectivity index (χ0n) is 10.2. The normalized spacial score (nSPS) is 14.5. The van der Waals surface area contributed by atoms with Crippen molar-refractivity contribution in [1.82, 2.24) is 4.57 Å². The fraction of sp³-hybridized carbons (Fsp3) is 0.429. The van der Waals surface area contributed by atoms with Crippen LogP contribution >= 0.6 is 0 Å². The summed E-state index contributed by atoms with van der Waals surface area (Å²) < 4.78 is 1.71. The van der Waals surface area contributed by atoms with Gasteiger partial charge in [0.2, 0.25) is 0 Å². The number of allylic oxidation sites excluding steroid dienone is 1. The van der Waals surface area contributed by atoms with Gasteiger partial charge < -0.3 is 4.57 Å². The van der Waals surface area contributed by atoms with Crippen molar-refractivity contribution in [2.75, 3.05) is 0 Å². The Hall–Kier alpha value is -1.64. The van der Waals surface area contributed by atoms with Gasteiger partial charge in [0, 0.05) is 30.3 Å². The number of ketones is 1. The van der Waals surface area contributed by atoms with E-state index in [1.165, 1.54) is 6.07 Å². The third-order valence-corrected chi connectivity index (χ3v) is 3.29. The molecular weight excluding hydrogens is 214 g/mol. The second kappa shape index (κ2) is 4.70. The summed E-state index contributed by atoms with van der Waals surface area (Å²) >= 11 is 0. The van der Waals surface area contributed by atoms with Gasteiger partial charge in [0.05, 0.1) is 0 Å². The summed E-state index contributed by atoms with van der Waals surface area (Å²) in [7, 11) is 0. The summed E-state index contributed by atoms with van der Waals surface area (Å²) in [6.07, 6.45) is 3.10. The quantitative estimate of drug-likeness (QED) is 0.749. The van der Waals surface area contributed by atoms with E-state index in [1.54, 1.807) is 10.6 Å². The van der Waals surface area contributed by atoms with Crippen molar-refractivity contribution in [2.45, 2.75) is 39.2 Å². The number of Topliss-reactive ketones (excluding diaryl/α,β-unsaturated/α-hetero) is 1. The SMILES string of the molecule is C=C(CC)Cn1c2c(ccc1=O)C(=O)CCC2. The Balaban J connectivity index is 2.50. The van der Waals surface area contributed by atoms with Gasteiger partial charge >= 0.3 is 0 Å². The Bertz CT molecular complexity index is 526. The van der Waals surface area contributed by atoms with E-state index in [9.17, 15) is 9.59 Å². The van der Waals surface area contributed by atoms with Crippen LogP contribution in [0.3, 0.4) is 0 Å².